The molecule has 0 amide bonds. The van der Waals surface area contributed by atoms with Gasteiger partial charge in [-0.05, 0) is 0 Å². The third-order valence-electron chi connectivity index (χ3n) is 4.64. The molecule has 0 fully saturated rings. The van der Waals surface area contributed by atoms with Crippen molar-refractivity contribution < 1.29 is 35.6 Å². The molecule has 0 aliphatic heterocycles. The maximum atomic E-state index is 2.25. The summed E-state index contributed by atoms with van der Waals surface area (Å²) in [7, 11) is 0. The van der Waals surface area contributed by atoms with Gasteiger partial charge in [-0.2, -0.15) is 45.3 Å². The summed E-state index contributed by atoms with van der Waals surface area (Å²) in [5.41, 5.74) is 7.62. The van der Waals surface area contributed by atoms with E-state index < -0.39 is 0 Å². The molecule has 0 heterocycles. The monoisotopic (exact) mass is 406 g/mol. The van der Waals surface area contributed by atoms with Crippen LogP contribution in [0.4, 0.5) is 0 Å². The minimum atomic E-state index is 0. The summed E-state index contributed by atoms with van der Waals surface area (Å²) >= 11 is 0. The Hall–Kier alpha value is -1.08. The van der Waals surface area contributed by atoms with E-state index in [0.717, 1.165) is 0 Å². The van der Waals surface area contributed by atoms with E-state index in [1.165, 1.54) is 45.9 Å². The molecular weight excluding hydrogens is 381 g/mol. The zero-order chi connectivity index (χ0) is 15.4. The number of hydrogen-bond acceptors (Lipinski definition) is 0. The maximum Gasteiger partial charge on any atom is 4.00 e. The van der Waals surface area contributed by atoms with E-state index >= 15 is 0 Å². The fourth-order valence-electron chi connectivity index (χ4n) is 2.99. The predicted octanol–water partition coefficient (Wildman–Crippen LogP) is 0.156. The molecule has 3 aromatic carbocycles. The average Bonchev–Trinajstić information content (AvgIpc) is 3.04. The third kappa shape index (κ3) is 5.48. The van der Waals surface area contributed by atoms with Gasteiger partial charge in [0.15, 0.2) is 0 Å². The molecule has 3 aromatic rings. The van der Waals surface area contributed by atoms with Gasteiger partial charge in [0.1, 0.15) is 0 Å². The topological polar surface area (TPSA) is 0 Å². The largest absolute Gasteiger partial charge is 4.00 e. The van der Waals surface area contributed by atoms with Crippen LogP contribution in [0.5, 0.6) is 0 Å². The number of benzene rings is 1. The van der Waals surface area contributed by atoms with Gasteiger partial charge in [0.05, 0.1) is 0 Å². The first kappa shape index (κ1) is 25.2. The van der Waals surface area contributed by atoms with Gasteiger partial charge in [-0.15, -0.1) is 29.7 Å². The molecule has 0 radical (unpaired) electrons. The molecule has 128 valence electrons. The van der Waals surface area contributed by atoms with Crippen molar-refractivity contribution in [3.05, 3.63) is 70.3 Å². The molecule has 0 unspecified atom stereocenters. The Kier molecular flexibility index (Phi) is 12.0. The SMILES string of the molecule is CCCc1c(C)c(C)c(C)[c-]1C.[F-].[F-].[Zr+4].c1ccc2[cH-]ccc2c1. The second-order valence-corrected chi connectivity index (χ2v) is 5.88. The van der Waals surface area contributed by atoms with Gasteiger partial charge in [-0.3, -0.25) is 0 Å². The number of fused-ring (bicyclic) bond motifs is 1. The molecule has 0 aromatic heterocycles. The first-order valence-corrected chi connectivity index (χ1v) is 7.88. The first-order chi connectivity index (χ1) is 10.1. The van der Waals surface area contributed by atoms with Crippen molar-refractivity contribution in [1.82, 2.24) is 0 Å². The molecule has 0 bridgehead atoms. The number of rotatable bonds is 2. The van der Waals surface area contributed by atoms with Crippen LogP contribution in [0.15, 0.2) is 42.5 Å². The van der Waals surface area contributed by atoms with Gasteiger partial charge in [0, 0.05) is 0 Å². The second kappa shape index (κ2) is 11.5. The summed E-state index contributed by atoms with van der Waals surface area (Å²) in [5, 5.41) is 2.66. The summed E-state index contributed by atoms with van der Waals surface area (Å²) < 4.78 is 0. The van der Waals surface area contributed by atoms with Crippen molar-refractivity contribution in [2.75, 3.05) is 0 Å². The Morgan fingerprint density at radius 2 is 1.58 bits per heavy atom. The van der Waals surface area contributed by atoms with Crippen molar-refractivity contribution >= 4 is 10.8 Å². The van der Waals surface area contributed by atoms with Gasteiger partial charge in [-0.1, -0.05) is 53.5 Å². The Bertz CT molecular complexity index is 667. The number of hydrogen-bond donors (Lipinski definition) is 0. The normalized spacial score (nSPS) is 9.21. The standard InChI is InChI=1S/C12H19.C9H7.2FH.Zr/c1-6-7-12-10(4)8(2)9(3)11(12)5;1-2-5-9-7-3-6-8(9)4-1;;;/h6-7H2,1-5H3;1-7H;2*1H;/q2*-1;;;+4/p-2. The van der Waals surface area contributed by atoms with Crippen LogP contribution in [0.3, 0.4) is 0 Å². The van der Waals surface area contributed by atoms with E-state index in [4.69, 9.17) is 0 Å². The van der Waals surface area contributed by atoms with Crippen molar-refractivity contribution in [2.24, 2.45) is 0 Å². The Morgan fingerprint density at radius 1 is 0.958 bits per heavy atom. The molecule has 0 aliphatic rings. The zero-order valence-corrected chi connectivity index (χ0v) is 17.7. The van der Waals surface area contributed by atoms with Gasteiger partial charge in [-0.25, -0.2) is 0 Å². The first-order valence-electron chi connectivity index (χ1n) is 7.88. The Balaban J connectivity index is 0. The maximum absolute atomic E-state index is 2.25. The molecule has 0 atom stereocenters. The summed E-state index contributed by atoms with van der Waals surface area (Å²) in [4.78, 5) is 0. The number of halogens is 2. The van der Waals surface area contributed by atoms with Crippen LogP contribution in [0.1, 0.15) is 41.2 Å². The van der Waals surface area contributed by atoms with Crippen molar-refractivity contribution in [1.29, 1.82) is 0 Å². The summed E-state index contributed by atoms with van der Waals surface area (Å²) in [5.74, 6) is 0. The van der Waals surface area contributed by atoms with Gasteiger partial charge >= 0.3 is 26.2 Å². The second-order valence-electron chi connectivity index (χ2n) is 5.88. The molecule has 0 saturated carbocycles. The summed E-state index contributed by atoms with van der Waals surface area (Å²) in [6.45, 7) is 11.2. The predicted molar refractivity (Wildman–Crippen MR) is 94.5 cm³/mol. The van der Waals surface area contributed by atoms with Gasteiger partial charge in [0.2, 0.25) is 0 Å². The minimum Gasteiger partial charge on any atom is -1.00 e. The smallest absolute Gasteiger partial charge is 1.00 e. The van der Waals surface area contributed by atoms with E-state index in [1.54, 1.807) is 5.56 Å². The van der Waals surface area contributed by atoms with Crippen LogP contribution >= 0.6 is 0 Å². The van der Waals surface area contributed by atoms with Crippen LogP contribution in [0.25, 0.3) is 10.8 Å². The van der Waals surface area contributed by atoms with Gasteiger partial charge < -0.3 is 9.41 Å². The Morgan fingerprint density at radius 3 is 2.08 bits per heavy atom. The van der Waals surface area contributed by atoms with Crippen molar-refractivity contribution in [3.63, 3.8) is 0 Å². The zero-order valence-electron chi connectivity index (χ0n) is 15.2. The Labute approximate surface area is 163 Å². The molecule has 0 spiro atoms. The molecule has 3 rings (SSSR count). The summed E-state index contributed by atoms with van der Waals surface area (Å²) in [6.07, 6.45) is 2.50. The van der Waals surface area contributed by atoms with Crippen molar-refractivity contribution in [3.8, 4) is 0 Å². The van der Waals surface area contributed by atoms with E-state index in [1.807, 2.05) is 0 Å². The van der Waals surface area contributed by atoms with Crippen LogP contribution in [0, 0.1) is 27.7 Å². The molecular formula is C21H26F2Zr. The molecule has 3 heteroatoms. The summed E-state index contributed by atoms with van der Waals surface area (Å²) in [6, 6.07) is 14.7. The third-order valence-corrected chi connectivity index (χ3v) is 4.64. The van der Waals surface area contributed by atoms with E-state index in [9.17, 15) is 0 Å². The van der Waals surface area contributed by atoms with Gasteiger partial charge in [0.25, 0.3) is 0 Å². The van der Waals surface area contributed by atoms with Crippen LogP contribution in [-0.4, -0.2) is 0 Å². The van der Waals surface area contributed by atoms with Crippen LogP contribution in [0.2, 0.25) is 0 Å². The van der Waals surface area contributed by atoms with Crippen LogP contribution in [-0.2, 0) is 32.6 Å². The average molecular weight is 408 g/mol. The molecule has 24 heavy (non-hydrogen) atoms. The quantitative estimate of drug-likeness (QED) is 0.531. The molecule has 0 aliphatic carbocycles. The molecule has 0 nitrogen and oxygen atoms in total. The van der Waals surface area contributed by atoms with Crippen molar-refractivity contribution in [2.45, 2.75) is 47.5 Å². The molecule has 0 N–H and O–H groups in total. The van der Waals surface area contributed by atoms with E-state index in [-0.39, 0.29) is 35.6 Å². The minimum absolute atomic E-state index is 0. The van der Waals surface area contributed by atoms with Crippen LogP contribution < -0.4 is 9.41 Å². The van der Waals surface area contributed by atoms with E-state index in [0.29, 0.717) is 0 Å². The fraction of sp³-hybridized carbons (Fsp3) is 0.333. The molecule has 0 saturated heterocycles. The fourth-order valence-corrected chi connectivity index (χ4v) is 2.99. The van der Waals surface area contributed by atoms with E-state index in [2.05, 4.69) is 77.1 Å².